The number of ether oxygens (including phenoxy) is 1. The zero-order chi connectivity index (χ0) is 21.6. The van der Waals surface area contributed by atoms with Gasteiger partial charge in [-0.3, -0.25) is 0 Å². The van der Waals surface area contributed by atoms with Crippen LogP contribution < -0.4 is 20.3 Å². The van der Waals surface area contributed by atoms with E-state index in [1.54, 1.807) is 13.3 Å². The second-order valence-corrected chi connectivity index (χ2v) is 8.91. The Balaban J connectivity index is 1.48. The number of aromatic nitrogens is 2. The van der Waals surface area contributed by atoms with Crippen LogP contribution in [-0.4, -0.2) is 46.4 Å². The van der Waals surface area contributed by atoms with Gasteiger partial charge in [-0.05, 0) is 17.7 Å². The van der Waals surface area contributed by atoms with E-state index >= 15 is 0 Å². The molecule has 7 nitrogen and oxygen atoms in total. The molecule has 2 heterocycles. The molecule has 31 heavy (non-hydrogen) atoms. The van der Waals surface area contributed by atoms with Gasteiger partial charge in [0.1, 0.15) is 10.8 Å². The lowest BCUT2D eigenvalue weighted by atomic mass is 10.2. The number of methoxy groups -OCH3 is 1. The molecule has 0 aliphatic carbocycles. The first-order valence-electron chi connectivity index (χ1n) is 10.0. The van der Waals surface area contributed by atoms with E-state index < -0.39 is 0 Å². The summed E-state index contributed by atoms with van der Waals surface area (Å²) in [5.41, 5.74) is 3.09. The molecule has 0 atom stereocenters. The largest absolute Gasteiger partial charge is 0.494 e. The number of hydrogen-bond donors (Lipinski definition) is 2. The third-order valence-corrected chi connectivity index (χ3v) is 6.31. The summed E-state index contributed by atoms with van der Waals surface area (Å²) in [4.78, 5) is 11.2. The molecule has 0 radical (unpaired) electrons. The normalized spacial score (nSPS) is 14.4. The van der Waals surface area contributed by atoms with Gasteiger partial charge in [-0.25, -0.2) is 8.10 Å². The first-order valence-corrected chi connectivity index (χ1v) is 11.4. The van der Waals surface area contributed by atoms with Gasteiger partial charge in [0.15, 0.2) is 5.82 Å². The van der Waals surface area contributed by atoms with Crippen LogP contribution in [0.2, 0.25) is 5.02 Å². The maximum absolute atomic E-state index is 6.29. The SMILES string of the molecule is COc1cc(N2CCN(I)CC2)ccc1Nc1ncc(Cl)c(NCc2ccccc2)n1. The van der Waals surface area contributed by atoms with E-state index in [-0.39, 0.29) is 0 Å². The van der Waals surface area contributed by atoms with Gasteiger partial charge in [0, 0.05) is 67.3 Å². The number of rotatable bonds is 7. The van der Waals surface area contributed by atoms with Crippen molar-refractivity contribution in [3.63, 3.8) is 0 Å². The van der Waals surface area contributed by atoms with Crippen LogP contribution in [-0.2, 0) is 6.54 Å². The summed E-state index contributed by atoms with van der Waals surface area (Å²) in [5, 5.41) is 7.00. The van der Waals surface area contributed by atoms with Gasteiger partial charge < -0.3 is 20.3 Å². The van der Waals surface area contributed by atoms with Gasteiger partial charge >= 0.3 is 0 Å². The van der Waals surface area contributed by atoms with E-state index in [0.717, 1.165) is 48.9 Å². The molecule has 4 rings (SSSR count). The highest BCUT2D eigenvalue weighted by atomic mass is 127. The molecular weight excluding hydrogens is 527 g/mol. The molecule has 1 saturated heterocycles. The summed E-state index contributed by atoms with van der Waals surface area (Å²) < 4.78 is 7.94. The lowest BCUT2D eigenvalue weighted by Gasteiger charge is -2.33. The minimum atomic E-state index is 0.449. The summed E-state index contributed by atoms with van der Waals surface area (Å²) in [5.74, 6) is 1.77. The van der Waals surface area contributed by atoms with Crippen LogP contribution in [0.3, 0.4) is 0 Å². The number of piperazine rings is 1. The van der Waals surface area contributed by atoms with Crippen LogP contribution >= 0.6 is 34.5 Å². The maximum Gasteiger partial charge on any atom is 0.229 e. The van der Waals surface area contributed by atoms with Gasteiger partial charge in [-0.1, -0.05) is 41.9 Å². The van der Waals surface area contributed by atoms with Crippen LogP contribution in [0.4, 0.5) is 23.1 Å². The van der Waals surface area contributed by atoms with E-state index in [4.69, 9.17) is 16.3 Å². The highest BCUT2D eigenvalue weighted by molar-refractivity contribution is 14.1. The second kappa shape index (κ2) is 10.3. The van der Waals surface area contributed by atoms with Crippen molar-refractivity contribution in [3.05, 3.63) is 65.3 Å². The van der Waals surface area contributed by atoms with Crippen molar-refractivity contribution in [1.82, 2.24) is 13.1 Å². The Morgan fingerprint density at radius 2 is 1.87 bits per heavy atom. The molecule has 0 spiro atoms. The van der Waals surface area contributed by atoms with E-state index in [9.17, 15) is 0 Å². The Morgan fingerprint density at radius 3 is 2.61 bits per heavy atom. The Bertz CT molecular complexity index is 1010. The summed E-state index contributed by atoms with van der Waals surface area (Å²) >= 11 is 8.67. The number of benzene rings is 2. The molecule has 1 aliphatic rings. The lowest BCUT2D eigenvalue weighted by Crippen LogP contribution is -2.42. The standard InChI is InChI=1S/C22H24ClIN6O/c1-31-20-13-17(29-9-11-30(24)12-10-29)7-8-19(20)27-22-26-15-18(23)21(28-22)25-14-16-5-3-2-4-6-16/h2-8,13,15H,9-12,14H2,1H3,(H2,25,26,27,28). The van der Waals surface area contributed by atoms with Crippen molar-refractivity contribution in [2.45, 2.75) is 6.54 Å². The second-order valence-electron chi connectivity index (χ2n) is 7.14. The minimum absolute atomic E-state index is 0.449. The van der Waals surface area contributed by atoms with Gasteiger partial charge in [-0.15, -0.1) is 0 Å². The molecule has 1 aliphatic heterocycles. The van der Waals surface area contributed by atoms with Gasteiger partial charge in [0.05, 0.1) is 19.0 Å². The quantitative estimate of drug-likeness (QED) is 0.318. The molecule has 0 saturated carbocycles. The Kier molecular flexibility index (Phi) is 7.31. The van der Waals surface area contributed by atoms with Gasteiger partial charge in [-0.2, -0.15) is 4.98 Å². The smallest absolute Gasteiger partial charge is 0.229 e. The van der Waals surface area contributed by atoms with Gasteiger partial charge in [0.2, 0.25) is 5.95 Å². The molecular formula is C22H24ClIN6O. The van der Waals surface area contributed by atoms with Crippen molar-refractivity contribution in [2.24, 2.45) is 0 Å². The maximum atomic E-state index is 6.29. The van der Waals surface area contributed by atoms with Crippen molar-refractivity contribution < 1.29 is 4.74 Å². The zero-order valence-corrected chi connectivity index (χ0v) is 20.1. The summed E-state index contributed by atoms with van der Waals surface area (Å²) in [6.45, 7) is 4.70. The summed E-state index contributed by atoms with van der Waals surface area (Å²) in [6, 6.07) is 16.2. The average molecular weight is 551 g/mol. The fourth-order valence-corrected chi connectivity index (χ4v) is 3.96. The Hall–Kier alpha value is -2.30. The van der Waals surface area contributed by atoms with Crippen LogP contribution in [0.15, 0.2) is 54.7 Å². The van der Waals surface area contributed by atoms with Crippen molar-refractivity contribution >= 4 is 57.6 Å². The Labute approximate surface area is 201 Å². The van der Waals surface area contributed by atoms with Gasteiger partial charge in [0.25, 0.3) is 0 Å². The highest BCUT2D eigenvalue weighted by Gasteiger charge is 2.17. The molecule has 0 bridgehead atoms. The van der Waals surface area contributed by atoms with Crippen molar-refractivity contribution in [2.75, 3.05) is 48.8 Å². The molecule has 162 valence electrons. The first kappa shape index (κ1) is 21.9. The molecule has 1 aromatic heterocycles. The number of anilines is 4. The van der Waals surface area contributed by atoms with E-state index in [1.165, 1.54) is 0 Å². The monoisotopic (exact) mass is 550 g/mol. The first-order chi connectivity index (χ1) is 15.1. The summed E-state index contributed by atoms with van der Waals surface area (Å²) in [6.07, 6.45) is 1.59. The predicted molar refractivity (Wildman–Crippen MR) is 135 cm³/mol. The molecule has 2 aromatic carbocycles. The van der Waals surface area contributed by atoms with Crippen LogP contribution in [0.25, 0.3) is 0 Å². The summed E-state index contributed by atoms with van der Waals surface area (Å²) in [7, 11) is 1.67. The highest BCUT2D eigenvalue weighted by Crippen LogP contribution is 2.32. The number of halogens is 2. The molecule has 1 fully saturated rings. The van der Waals surface area contributed by atoms with Crippen molar-refractivity contribution in [1.29, 1.82) is 0 Å². The molecule has 2 N–H and O–H groups in total. The number of nitrogens with zero attached hydrogens (tertiary/aromatic N) is 4. The third kappa shape index (κ3) is 5.69. The van der Waals surface area contributed by atoms with E-state index in [2.05, 4.69) is 63.6 Å². The van der Waals surface area contributed by atoms with Crippen molar-refractivity contribution in [3.8, 4) is 5.75 Å². The Morgan fingerprint density at radius 1 is 1.10 bits per heavy atom. The topological polar surface area (TPSA) is 65.6 Å². The minimum Gasteiger partial charge on any atom is -0.494 e. The van der Waals surface area contributed by atoms with E-state index in [1.807, 2.05) is 36.4 Å². The third-order valence-electron chi connectivity index (χ3n) is 5.07. The molecule has 9 heteroatoms. The van der Waals surface area contributed by atoms with Crippen LogP contribution in [0, 0.1) is 0 Å². The number of hydrogen-bond acceptors (Lipinski definition) is 7. The molecule has 3 aromatic rings. The fraction of sp³-hybridized carbons (Fsp3) is 0.273. The molecule has 0 unspecified atom stereocenters. The number of nitrogens with one attached hydrogen (secondary N) is 2. The fourth-order valence-electron chi connectivity index (χ4n) is 3.37. The lowest BCUT2D eigenvalue weighted by molar-refractivity contribution is 0.416. The van der Waals surface area contributed by atoms with Crippen LogP contribution in [0.5, 0.6) is 5.75 Å². The van der Waals surface area contributed by atoms with E-state index in [0.29, 0.717) is 23.3 Å². The zero-order valence-electron chi connectivity index (χ0n) is 17.2. The predicted octanol–water partition coefficient (Wildman–Crippen LogP) is 4.97. The van der Waals surface area contributed by atoms with Crippen LogP contribution in [0.1, 0.15) is 5.56 Å². The molecule has 0 amide bonds. The average Bonchev–Trinajstić information content (AvgIpc) is 2.81.